The zero-order valence-corrected chi connectivity index (χ0v) is 12.2. The van der Waals surface area contributed by atoms with E-state index in [0.29, 0.717) is 24.2 Å². The second-order valence-corrected chi connectivity index (χ2v) is 4.83. The van der Waals surface area contributed by atoms with E-state index in [4.69, 9.17) is 11.6 Å². The molecule has 2 rings (SSSR count). The van der Waals surface area contributed by atoms with Crippen LogP contribution in [0.1, 0.15) is 28.2 Å². The fourth-order valence-corrected chi connectivity index (χ4v) is 2.13. The number of hydrogen-bond donors (Lipinski definition) is 1. The normalized spacial score (nSPS) is 10.6. The van der Waals surface area contributed by atoms with Crippen LogP contribution in [0.15, 0.2) is 12.4 Å². The number of anilines is 1. The van der Waals surface area contributed by atoms with Crippen LogP contribution < -0.4 is 5.32 Å². The molecule has 106 valence electrons. The second-order valence-electron chi connectivity index (χ2n) is 4.48. The molecule has 0 aliphatic rings. The van der Waals surface area contributed by atoms with Gasteiger partial charge in [-0.25, -0.2) is 9.97 Å². The van der Waals surface area contributed by atoms with E-state index in [2.05, 4.69) is 20.4 Å². The average Bonchev–Trinajstić information content (AvgIpc) is 2.73. The van der Waals surface area contributed by atoms with Gasteiger partial charge in [0.05, 0.1) is 11.3 Å². The highest BCUT2D eigenvalue weighted by Crippen LogP contribution is 2.17. The highest BCUT2D eigenvalue weighted by atomic mass is 35.5. The lowest BCUT2D eigenvalue weighted by molar-refractivity contribution is 0.112. The molecular formula is C13H16ClN5O. The smallest absolute Gasteiger partial charge is 0.156 e. The molecule has 6 nitrogen and oxygen atoms in total. The molecule has 0 radical (unpaired) electrons. The van der Waals surface area contributed by atoms with Gasteiger partial charge in [-0.15, -0.1) is 0 Å². The summed E-state index contributed by atoms with van der Waals surface area (Å²) in [6, 6.07) is 2.04. The number of nitrogens with zero attached hydrogens (tertiary/aromatic N) is 4. The molecule has 20 heavy (non-hydrogen) atoms. The minimum Gasteiger partial charge on any atom is -0.369 e. The number of aryl methyl sites for hydroxylation is 3. The van der Waals surface area contributed by atoms with E-state index >= 15 is 0 Å². The van der Waals surface area contributed by atoms with Gasteiger partial charge in [-0.2, -0.15) is 5.10 Å². The Bertz CT molecular complexity index is 611. The van der Waals surface area contributed by atoms with Crippen molar-refractivity contribution in [2.75, 3.05) is 11.9 Å². The van der Waals surface area contributed by atoms with E-state index in [1.807, 2.05) is 24.6 Å². The molecule has 0 saturated heterocycles. The molecule has 0 aromatic carbocycles. The van der Waals surface area contributed by atoms with E-state index in [-0.39, 0.29) is 5.15 Å². The van der Waals surface area contributed by atoms with Crippen molar-refractivity contribution in [2.45, 2.75) is 26.8 Å². The quantitative estimate of drug-likeness (QED) is 0.502. The molecule has 0 unspecified atom stereocenters. The number of nitrogens with one attached hydrogen (secondary N) is 1. The lowest BCUT2D eigenvalue weighted by Crippen LogP contribution is -2.11. The zero-order chi connectivity index (χ0) is 14.5. The van der Waals surface area contributed by atoms with Crippen molar-refractivity contribution >= 4 is 23.7 Å². The Hall–Kier alpha value is -1.95. The van der Waals surface area contributed by atoms with Crippen LogP contribution in [0.25, 0.3) is 0 Å². The Morgan fingerprint density at radius 1 is 1.40 bits per heavy atom. The first kappa shape index (κ1) is 14.5. The van der Waals surface area contributed by atoms with Gasteiger partial charge in [-0.05, 0) is 26.3 Å². The Labute approximate surface area is 122 Å². The average molecular weight is 294 g/mol. The summed E-state index contributed by atoms with van der Waals surface area (Å²) in [6.45, 7) is 5.48. The number of carbonyl (C=O) groups is 1. The van der Waals surface area contributed by atoms with Crippen molar-refractivity contribution < 1.29 is 4.79 Å². The Morgan fingerprint density at radius 2 is 2.20 bits per heavy atom. The van der Waals surface area contributed by atoms with Crippen molar-refractivity contribution in [1.29, 1.82) is 0 Å². The van der Waals surface area contributed by atoms with Crippen LogP contribution in [0.2, 0.25) is 5.15 Å². The number of aromatic nitrogens is 4. The summed E-state index contributed by atoms with van der Waals surface area (Å²) in [6.07, 6.45) is 2.85. The van der Waals surface area contributed by atoms with Crippen LogP contribution in [0.3, 0.4) is 0 Å². The molecule has 0 aliphatic heterocycles. The van der Waals surface area contributed by atoms with E-state index in [0.717, 1.165) is 24.4 Å². The molecule has 2 heterocycles. The van der Waals surface area contributed by atoms with Gasteiger partial charge in [-0.1, -0.05) is 11.6 Å². The molecule has 2 aromatic rings. The molecule has 0 saturated carbocycles. The number of rotatable bonds is 6. The Balaban J connectivity index is 1.89. The summed E-state index contributed by atoms with van der Waals surface area (Å²) in [5, 5.41) is 7.65. The summed E-state index contributed by atoms with van der Waals surface area (Å²) < 4.78 is 1.96. The number of halogens is 1. The van der Waals surface area contributed by atoms with Crippen molar-refractivity contribution in [2.24, 2.45) is 0 Å². The van der Waals surface area contributed by atoms with Gasteiger partial charge in [0, 0.05) is 18.8 Å². The Kier molecular flexibility index (Phi) is 4.68. The van der Waals surface area contributed by atoms with Crippen molar-refractivity contribution in [3.8, 4) is 0 Å². The second kappa shape index (κ2) is 6.47. The highest BCUT2D eigenvalue weighted by Gasteiger charge is 2.08. The number of carbonyl (C=O) groups excluding carboxylic acids is 1. The van der Waals surface area contributed by atoms with E-state index in [9.17, 15) is 4.79 Å². The maximum Gasteiger partial charge on any atom is 0.156 e. The predicted octanol–water partition coefficient (Wildman–Crippen LogP) is 2.26. The molecule has 0 fully saturated rings. The lowest BCUT2D eigenvalue weighted by Gasteiger charge is -2.08. The summed E-state index contributed by atoms with van der Waals surface area (Å²) in [5.41, 5.74) is 2.45. The van der Waals surface area contributed by atoms with Gasteiger partial charge in [-0.3, -0.25) is 9.48 Å². The molecule has 7 heteroatoms. The third-order valence-corrected chi connectivity index (χ3v) is 3.20. The molecule has 0 aliphatic carbocycles. The molecular weight excluding hydrogens is 278 g/mol. The van der Waals surface area contributed by atoms with Crippen LogP contribution in [-0.2, 0) is 6.54 Å². The van der Waals surface area contributed by atoms with E-state index < -0.39 is 0 Å². The van der Waals surface area contributed by atoms with E-state index in [1.165, 1.54) is 6.33 Å². The van der Waals surface area contributed by atoms with Crippen LogP contribution in [0.5, 0.6) is 0 Å². The third kappa shape index (κ3) is 3.33. The first-order valence-corrected chi connectivity index (χ1v) is 6.70. The standard InChI is InChI=1S/C13H16ClN5O/c1-9-6-10(2)19(18-9)5-3-4-15-13-11(7-20)12(14)16-8-17-13/h6-8H,3-5H2,1-2H3,(H,15,16,17). The zero-order valence-electron chi connectivity index (χ0n) is 11.4. The maximum absolute atomic E-state index is 10.9. The summed E-state index contributed by atoms with van der Waals surface area (Å²) in [4.78, 5) is 18.7. The van der Waals surface area contributed by atoms with Gasteiger partial charge in [0.1, 0.15) is 17.3 Å². The van der Waals surface area contributed by atoms with Gasteiger partial charge < -0.3 is 5.32 Å². The molecule has 0 spiro atoms. The van der Waals surface area contributed by atoms with Crippen molar-refractivity contribution in [3.05, 3.63) is 34.5 Å². The topological polar surface area (TPSA) is 72.7 Å². The fraction of sp³-hybridized carbons (Fsp3) is 0.385. The largest absolute Gasteiger partial charge is 0.369 e. The van der Waals surface area contributed by atoms with Gasteiger partial charge >= 0.3 is 0 Å². The number of hydrogen-bond acceptors (Lipinski definition) is 5. The summed E-state index contributed by atoms with van der Waals surface area (Å²) in [5.74, 6) is 0.466. The first-order chi connectivity index (χ1) is 9.61. The lowest BCUT2D eigenvalue weighted by atomic mass is 10.3. The van der Waals surface area contributed by atoms with Crippen molar-refractivity contribution in [1.82, 2.24) is 19.7 Å². The summed E-state index contributed by atoms with van der Waals surface area (Å²) >= 11 is 5.83. The highest BCUT2D eigenvalue weighted by molar-refractivity contribution is 6.32. The first-order valence-electron chi connectivity index (χ1n) is 6.32. The molecule has 1 N–H and O–H groups in total. The number of aldehydes is 1. The van der Waals surface area contributed by atoms with Gasteiger partial charge in [0.15, 0.2) is 6.29 Å². The van der Waals surface area contributed by atoms with Crippen LogP contribution in [-0.4, -0.2) is 32.6 Å². The Morgan fingerprint density at radius 3 is 2.85 bits per heavy atom. The van der Waals surface area contributed by atoms with Gasteiger partial charge in [0.25, 0.3) is 0 Å². The third-order valence-electron chi connectivity index (χ3n) is 2.90. The predicted molar refractivity (Wildman–Crippen MR) is 77.2 cm³/mol. The maximum atomic E-state index is 10.9. The summed E-state index contributed by atoms with van der Waals surface area (Å²) in [7, 11) is 0. The minimum absolute atomic E-state index is 0.163. The molecule has 0 bridgehead atoms. The van der Waals surface area contributed by atoms with Gasteiger partial charge in [0.2, 0.25) is 0 Å². The molecule has 2 aromatic heterocycles. The van der Waals surface area contributed by atoms with Crippen LogP contribution in [0.4, 0.5) is 5.82 Å². The van der Waals surface area contributed by atoms with E-state index in [1.54, 1.807) is 0 Å². The molecule has 0 amide bonds. The SMILES string of the molecule is Cc1cc(C)n(CCCNc2ncnc(Cl)c2C=O)n1. The van der Waals surface area contributed by atoms with Crippen LogP contribution in [0, 0.1) is 13.8 Å². The van der Waals surface area contributed by atoms with Crippen molar-refractivity contribution in [3.63, 3.8) is 0 Å². The minimum atomic E-state index is 0.163. The monoisotopic (exact) mass is 293 g/mol. The fourth-order valence-electron chi connectivity index (χ4n) is 1.96. The molecule has 0 atom stereocenters. The van der Waals surface area contributed by atoms with Crippen LogP contribution >= 0.6 is 11.6 Å².